The van der Waals surface area contributed by atoms with Crippen molar-refractivity contribution in [1.82, 2.24) is 15.0 Å². The molecule has 0 bridgehead atoms. The van der Waals surface area contributed by atoms with E-state index in [1.54, 1.807) is 0 Å². The zero-order chi connectivity index (χ0) is 13.9. The first-order valence-electron chi connectivity index (χ1n) is 7.35. The zero-order valence-corrected chi connectivity index (χ0v) is 12.0. The number of nitrogens with zero attached hydrogens (tertiary/aromatic N) is 5. The van der Waals surface area contributed by atoms with Gasteiger partial charge >= 0.3 is 0 Å². The molecule has 7 heteroatoms. The van der Waals surface area contributed by atoms with Gasteiger partial charge in [0.1, 0.15) is 0 Å². The average molecular weight is 278 g/mol. The molecule has 2 aliphatic rings. The first-order chi connectivity index (χ1) is 9.72. The van der Waals surface area contributed by atoms with Gasteiger partial charge in [-0.15, -0.1) is 0 Å². The lowest BCUT2D eigenvalue weighted by atomic mass is 10.3. The smallest absolute Gasteiger partial charge is 0.232 e. The molecule has 1 aromatic rings. The van der Waals surface area contributed by atoms with E-state index in [-0.39, 0.29) is 6.10 Å². The number of ether oxygens (including phenoxy) is 1. The lowest BCUT2D eigenvalue weighted by molar-refractivity contribution is 0.0820. The number of aromatic nitrogens is 3. The number of nitrogens with two attached hydrogens (primary N) is 1. The Morgan fingerprint density at radius 2 is 1.65 bits per heavy atom. The van der Waals surface area contributed by atoms with E-state index in [4.69, 9.17) is 10.5 Å². The topological polar surface area (TPSA) is 80.4 Å². The third kappa shape index (κ3) is 2.92. The molecule has 0 amide bonds. The summed E-state index contributed by atoms with van der Waals surface area (Å²) in [7, 11) is 0. The van der Waals surface area contributed by atoms with Gasteiger partial charge in [0.25, 0.3) is 0 Å². The summed E-state index contributed by atoms with van der Waals surface area (Å²) >= 11 is 0. The van der Waals surface area contributed by atoms with Crippen molar-refractivity contribution in [1.29, 1.82) is 0 Å². The third-order valence-electron chi connectivity index (χ3n) is 3.75. The van der Waals surface area contributed by atoms with E-state index in [1.165, 1.54) is 12.8 Å². The molecule has 110 valence electrons. The van der Waals surface area contributed by atoms with Gasteiger partial charge in [0.15, 0.2) is 0 Å². The van der Waals surface area contributed by atoms with Crippen molar-refractivity contribution in [2.45, 2.75) is 32.3 Å². The lowest BCUT2D eigenvalue weighted by Gasteiger charge is -2.23. The Kier molecular flexibility index (Phi) is 3.86. The summed E-state index contributed by atoms with van der Waals surface area (Å²) in [5.74, 6) is 1.69. The highest BCUT2D eigenvalue weighted by Crippen LogP contribution is 2.20. The van der Waals surface area contributed by atoms with Gasteiger partial charge in [-0.1, -0.05) is 0 Å². The molecule has 1 unspecified atom stereocenters. The molecular weight excluding hydrogens is 256 g/mol. The third-order valence-corrected chi connectivity index (χ3v) is 3.75. The lowest BCUT2D eigenvalue weighted by Crippen LogP contribution is -2.33. The number of nitrogen functional groups attached to an aromatic ring is 1. The van der Waals surface area contributed by atoms with Crippen molar-refractivity contribution in [2.24, 2.45) is 0 Å². The monoisotopic (exact) mass is 278 g/mol. The summed E-state index contributed by atoms with van der Waals surface area (Å²) in [6, 6.07) is 0. The van der Waals surface area contributed by atoms with Crippen molar-refractivity contribution >= 4 is 17.8 Å². The molecule has 0 saturated carbocycles. The molecule has 2 aliphatic heterocycles. The Morgan fingerprint density at radius 3 is 2.40 bits per heavy atom. The van der Waals surface area contributed by atoms with Gasteiger partial charge in [-0.3, -0.25) is 0 Å². The number of rotatable bonds is 2. The van der Waals surface area contributed by atoms with Gasteiger partial charge in [-0.25, -0.2) is 0 Å². The molecule has 7 nitrogen and oxygen atoms in total. The molecular formula is C13H22N6O. The minimum Gasteiger partial charge on any atom is -0.377 e. The van der Waals surface area contributed by atoms with E-state index in [0.717, 1.165) is 39.2 Å². The van der Waals surface area contributed by atoms with Gasteiger partial charge in [0, 0.05) is 32.8 Å². The van der Waals surface area contributed by atoms with Gasteiger partial charge in [-0.2, -0.15) is 15.0 Å². The van der Waals surface area contributed by atoms with Crippen LogP contribution >= 0.6 is 0 Å². The molecule has 0 aromatic carbocycles. The standard InChI is InChI=1S/C13H22N6O/c1-10-9-19(7-4-8-20-10)13-16-11(14)15-12(17-13)18-5-2-3-6-18/h10H,2-9H2,1H3,(H2,14,15,16,17). The van der Waals surface area contributed by atoms with Crippen LogP contribution in [0.2, 0.25) is 0 Å². The molecule has 2 N–H and O–H groups in total. The van der Waals surface area contributed by atoms with Crippen LogP contribution in [0.1, 0.15) is 26.2 Å². The van der Waals surface area contributed by atoms with E-state index in [1.807, 2.05) is 0 Å². The molecule has 20 heavy (non-hydrogen) atoms. The fourth-order valence-electron chi connectivity index (χ4n) is 2.75. The van der Waals surface area contributed by atoms with Gasteiger partial charge in [0.05, 0.1) is 6.10 Å². The summed E-state index contributed by atoms with van der Waals surface area (Å²) in [4.78, 5) is 17.5. The van der Waals surface area contributed by atoms with Crippen LogP contribution in [0.5, 0.6) is 0 Å². The van der Waals surface area contributed by atoms with Crippen molar-refractivity contribution in [3.05, 3.63) is 0 Å². The molecule has 2 fully saturated rings. The van der Waals surface area contributed by atoms with Crippen LogP contribution in [-0.4, -0.2) is 53.8 Å². The highest BCUT2D eigenvalue weighted by atomic mass is 16.5. The van der Waals surface area contributed by atoms with Crippen molar-refractivity contribution < 1.29 is 4.74 Å². The van der Waals surface area contributed by atoms with Crippen LogP contribution in [0.25, 0.3) is 0 Å². The minimum absolute atomic E-state index is 0.186. The second-order valence-electron chi connectivity index (χ2n) is 5.47. The predicted octanol–water partition coefficient (Wildman–Crippen LogP) is 0.669. The first kappa shape index (κ1) is 13.4. The fourth-order valence-corrected chi connectivity index (χ4v) is 2.75. The van der Waals surface area contributed by atoms with Crippen LogP contribution in [0.4, 0.5) is 17.8 Å². The zero-order valence-electron chi connectivity index (χ0n) is 12.0. The average Bonchev–Trinajstić information content (AvgIpc) is 2.87. The Morgan fingerprint density at radius 1 is 1.00 bits per heavy atom. The summed E-state index contributed by atoms with van der Waals surface area (Å²) in [6.07, 6.45) is 3.55. The van der Waals surface area contributed by atoms with E-state index in [0.29, 0.717) is 17.8 Å². The molecule has 0 aliphatic carbocycles. The van der Waals surface area contributed by atoms with Crippen molar-refractivity contribution in [2.75, 3.05) is 48.3 Å². The highest BCUT2D eigenvalue weighted by molar-refractivity contribution is 5.44. The van der Waals surface area contributed by atoms with Crippen molar-refractivity contribution in [3.8, 4) is 0 Å². The highest BCUT2D eigenvalue weighted by Gasteiger charge is 2.21. The maximum Gasteiger partial charge on any atom is 0.232 e. The SMILES string of the molecule is CC1CN(c2nc(N)nc(N3CCCC3)n2)CCCO1. The van der Waals surface area contributed by atoms with Gasteiger partial charge < -0.3 is 20.3 Å². The van der Waals surface area contributed by atoms with E-state index >= 15 is 0 Å². The van der Waals surface area contributed by atoms with Crippen LogP contribution in [0.3, 0.4) is 0 Å². The summed E-state index contributed by atoms with van der Waals surface area (Å²) in [6.45, 7) is 6.56. The molecule has 1 atom stereocenters. The number of hydrogen-bond donors (Lipinski definition) is 1. The molecule has 3 heterocycles. The van der Waals surface area contributed by atoms with Crippen molar-refractivity contribution in [3.63, 3.8) is 0 Å². The summed E-state index contributed by atoms with van der Waals surface area (Å²) in [5, 5.41) is 0. The number of anilines is 3. The molecule has 1 aromatic heterocycles. The van der Waals surface area contributed by atoms with Gasteiger partial charge in [-0.05, 0) is 26.2 Å². The Labute approximate surface area is 119 Å². The largest absolute Gasteiger partial charge is 0.377 e. The Hall–Kier alpha value is -1.63. The van der Waals surface area contributed by atoms with E-state index in [2.05, 4.69) is 31.7 Å². The second-order valence-corrected chi connectivity index (χ2v) is 5.47. The summed E-state index contributed by atoms with van der Waals surface area (Å²) < 4.78 is 5.66. The van der Waals surface area contributed by atoms with Crippen LogP contribution in [-0.2, 0) is 4.74 Å². The Balaban J connectivity index is 1.84. The normalized spacial score (nSPS) is 23.9. The maximum atomic E-state index is 5.86. The minimum atomic E-state index is 0.186. The molecule has 0 radical (unpaired) electrons. The van der Waals surface area contributed by atoms with Crippen LogP contribution in [0, 0.1) is 0 Å². The molecule has 2 saturated heterocycles. The summed E-state index contributed by atoms with van der Waals surface area (Å²) in [5.41, 5.74) is 5.86. The Bertz CT molecular complexity index is 462. The molecule has 3 rings (SSSR count). The van der Waals surface area contributed by atoms with E-state index in [9.17, 15) is 0 Å². The number of hydrogen-bond acceptors (Lipinski definition) is 7. The van der Waals surface area contributed by atoms with Crippen LogP contribution in [0.15, 0.2) is 0 Å². The quantitative estimate of drug-likeness (QED) is 0.851. The van der Waals surface area contributed by atoms with Gasteiger partial charge in [0.2, 0.25) is 17.8 Å². The predicted molar refractivity (Wildman–Crippen MR) is 77.9 cm³/mol. The first-order valence-corrected chi connectivity index (χ1v) is 7.35. The maximum absolute atomic E-state index is 5.86. The van der Waals surface area contributed by atoms with E-state index < -0.39 is 0 Å². The van der Waals surface area contributed by atoms with Crippen LogP contribution < -0.4 is 15.5 Å². The fraction of sp³-hybridized carbons (Fsp3) is 0.769. The second kappa shape index (κ2) is 5.78. The molecule has 0 spiro atoms.